The van der Waals surface area contributed by atoms with E-state index in [0.717, 1.165) is 34.2 Å². The molecular weight excluding hydrogens is 518 g/mol. The zero-order valence-corrected chi connectivity index (χ0v) is 23.3. The summed E-state index contributed by atoms with van der Waals surface area (Å²) >= 11 is 0. The Morgan fingerprint density at radius 2 is 1.61 bits per heavy atom. The van der Waals surface area contributed by atoms with Crippen molar-refractivity contribution in [3.63, 3.8) is 0 Å². The van der Waals surface area contributed by atoms with Crippen molar-refractivity contribution in [2.75, 3.05) is 19.7 Å². The fourth-order valence-corrected chi connectivity index (χ4v) is 6.12. The van der Waals surface area contributed by atoms with E-state index in [1.165, 1.54) is 0 Å². The Bertz CT molecular complexity index is 1350. The normalized spacial score (nSPS) is 18.8. The molecule has 2 unspecified atom stereocenters. The van der Waals surface area contributed by atoms with E-state index in [9.17, 15) is 19.5 Å². The Morgan fingerprint density at radius 3 is 2.24 bits per heavy atom. The van der Waals surface area contributed by atoms with Crippen LogP contribution in [0.5, 0.6) is 0 Å². The molecule has 0 spiro atoms. The number of ether oxygens (including phenoxy) is 1. The lowest BCUT2D eigenvalue weighted by Crippen LogP contribution is -2.57. The SMILES string of the molecule is CCCC(CC(=O)NC1(C(=O)O)CCN(Cc2ccccc2)C1)NC(=O)OCC1c2ccccc2-c2ccccc21. The summed E-state index contributed by atoms with van der Waals surface area (Å²) in [5.74, 6) is -1.50. The van der Waals surface area contributed by atoms with Crippen LogP contribution < -0.4 is 10.6 Å². The molecule has 5 rings (SSSR count). The lowest BCUT2D eigenvalue weighted by atomic mass is 9.97. The Labute approximate surface area is 240 Å². The molecule has 8 nitrogen and oxygen atoms in total. The maximum absolute atomic E-state index is 13.1. The highest BCUT2D eigenvalue weighted by Crippen LogP contribution is 2.44. The third-order valence-corrected chi connectivity index (χ3v) is 8.12. The summed E-state index contributed by atoms with van der Waals surface area (Å²) in [6.07, 6.45) is 1.03. The van der Waals surface area contributed by atoms with Crippen LogP contribution in [0.15, 0.2) is 78.9 Å². The molecule has 3 N–H and O–H groups in total. The number of nitrogens with zero attached hydrogens (tertiary/aromatic N) is 1. The van der Waals surface area contributed by atoms with E-state index >= 15 is 0 Å². The summed E-state index contributed by atoms with van der Waals surface area (Å²) < 4.78 is 5.68. The van der Waals surface area contributed by atoms with Crippen molar-refractivity contribution in [1.82, 2.24) is 15.5 Å². The van der Waals surface area contributed by atoms with Crippen LogP contribution >= 0.6 is 0 Å². The Morgan fingerprint density at radius 1 is 0.976 bits per heavy atom. The van der Waals surface area contributed by atoms with Crippen molar-refractivity contribution in [3.8, 4) is 11.1 Å². The van der Waals surface area contributed by atoms with Crippen LogP contribution in [0.2, 0.25) is 0 Å². The van der Waals surface area contributed by atoms with Gasteiger partial charge in [0, 0.05) is 38.0 Å². The van der Waals surface area contributed by atoms with Gasteiger partial charge in [-0.1, -0.05) is 92.2 Å². The Kier molecular flexibility index (Phi) is 8.69. The van der Waals surface area contributed by atoms with Gasteiger partial charge in [0.15, 0.2) is 5.54 Å². The molecule has 1 aliphatic heterocycles. The average molecular weight is 556 g/mol. The minimum atomic E-state index is -1.35. The molecule has 1 aliphatic carbocycles. The van der Waals surface area contributed by atoms with E-state index in [1.54, 1.807) is 0 Å². The summed E-state index contributed by atoms with van der Waals surface area (Å²) in [6, 6.07) is 25.7. The van der Waals surface area contributed by atoms with Gasteiger partial charge in [0.1, 0.15) is 6.61 Å². The van der Waals surface area contributed by atoms with Crippen LogP contribution in [-0.2, 0) is 20.9 Å². The van der Waals surface area contributed by atoms with Crippen molar-refractivity contribution in [2.45, 2.75) is 56.7 Å². The second-order valence-corrected chi connectivity index (χ2v) is 11.0. The lowest BCUT2D eigenvalue weighted by Gasteiger charge is -2.27. The van der Waals surface area contributed by atoms with Gasteiger partial charge in [-0.05, 0) is 40.7 Å². The van der Waals surface area contributed by atoms with Crippen molar-refractivity contribution in [3.05, 3.63) is 95.6 Å². The fourth-order valence-electron chi connectivity index (χ4n) is 6.12. The van der Waals surface area contributed by atoms with E-state index in [0.29, 0.717) is 25.9 Å². The minimum Gasteiger partial charge on any atom is -0.479 e. The molecule has 0 aromatic heterocycles. The number of aliphatic carboxylic acids is 1. The molecule has 1 saturated heterocycles. The molecule has 2 amide bonds. The number of likely N-dealkylation sites (tertiary alicyclic amines) is 1. The van der Waals surface area contributed by atoms with Crippen LogP contribution in [0.4, 0.5) is 4.79 Å². The summed E-state index contributed by atoms with van der Waals surface area (Å²) in [4.78, 5) is 40.3. The number of rotatable bonds is 11. The highest BCUT2D eigenvalue weighted by atomic mass is 16.5. The molecule has 0 bridgehead atoms. The highest BCUT2D eigenvalue weighted by Gasteiger charge is 2.46. The van der Waals surface area contributed by atoms with Crippen LogP contribution in [-0.4, -0.2) is 59.3 Å². The van der Waals surface area contributed by atoms with Crippen LogP contribution in [0.25, 0.3) is 11.1 Å². The first-order chi connectivity index (χ1) is 19.9. The van der Waals surface area contributed by atoms with E-state index in [-0.39, 0.29) is 25.5 Å². The molecule has 41 heavy (non-hydrogen) atoms. The zero-order valence-electron chi connectivity index (χ0n) is 23.3. The number of alkyl carbamates (subject to hydrolysis) is 1. The van der Waals surface area contributed by atoms with Crippen molar-refractivity contribution in [1.29, 1.82) is 0 Å². The standard InChI is InChI=1S/C33H37N3O5/c1-2-10-24(19-30(37)35-33(31(38)39)17-18-36(22-33)20-23-11-4-3-5-12-23)34-32(40)41-21-29-27-15-8-6-13-25(27)26-14-7-9-16-28(26)29/h3-9,11-16,24,29H,2,10,17-22H2,1H3,(H,34,40)(H,35,37)(H,38,39). The quantitative estimate of drug-likeness (QED) is 0.310. The van der Waals surface area contributed by atoms with E-state index in [1.807, 2.05) is 66.4 Å². The number of carboxylic acids is 1. The van der Waals surface area contributed by atoms with Gasteiger partial charge in [0.05, 0.1) is 0 Å². The summed E-state index contributed by atoms with van der Waals surface area (Å²) in [6.45, 7) is 3.57. The highest BCUT2D eigenvalue weighted by molar-refractivity contribution is 5.88. The molecule has 0 radical (unpaired) electrons. The molecule has 2 aliphatic rings. The maximum atomic E-state index is 13.1. The van der Waals surface area contributed by atoms with Crippen molar-refractivity contribution in [2.24, 2.45) is 0 Å². The zero-order chi connectivity index (χ0) is 28.8. The van der Waals surface area contributed by atoms with Gasteiger partial charge in [-0.25, -0.2) is 9.59 Å². The van der Waals surface area contributed by atoms with Gasteiger partial charge in [-0.15, -0.1) is 0 Å². The number of carboxylic acid groups (broad SMARTS) is 1. The number of nitrogens with one attached hydrogen (secondary N) is 2. The molecule has 3 aromatic carbocycles. The number of carbonyl (C=O) groups is 3. The number of benzene rings is 3. The molecule has 1 fully saturated rings. The second-order valence-electron chi connectivity index (χ2n) is 11.0. The monoisotopic (exact) mass is 555 g/mol. The van der Waals surface area contributed by atoms with E-state index in [4.69, 9.17) is 4.74 Å². The van der Waals surface area contributed by atoms with Crippen molar-refractivity contribution >= 4 is 18.0 Å². The first kappa shape index (κ1) is 28.4. The second kappa shape index (κ2) is 12.6. The molecule has 8 heteroatoms. The molecule has 3 aromatic rings. The summed E-state index contributed by atoms with van der Waals surface area (Å²) in [7, 11) is 0. The van der Waals surface area contributed by atoms with Gasteiger partial charge < -0.3 is 20.5 Å². The molecule has 1 heterocycles. The number of fused-ring (bicyclic) bond motifs is 3. The first-order valence-electron chi connectivity index (χ1n) is 14.3. The van der Waals surface area contributed by atoms with Crippen LogP contribution in [0, 0.1) is 0 Å². The van der Waals surface area contributed by atoms with Crippen LogP contribution in [0.3, 0.4) is 0 Å². The Balaban J connectivity index is 1.17. The molecule has 0 saturated carbocycles. The fraction of sp³-hybridized carbons (Fsp3) is 0.364. The maximum Gasteiger partial charge on any atom is 0.407 e. The molecular formula is C33H37N3O5. The smallest absolute Gasteiger partial charge is 0.407 e. The van der Waals surface area contributed by atoms with Gasteiger partial charge in [-0.3, -0.25) is 9.69 Å². The first-order valence-corrected chi connectivity index (χ1v) is 14.3. The molecule has 214 valence electrons. The van der Waals surface area contributed by atoms with Crippen molar-refractivity contribution < 1.29 is 24.2 Å². The average Bonchev–Trinajstić information content (AvgIpc) is 3.52. The van der Waals surface area contributed by atoms with E-state index in [2.05, 4.69) is 34.9 Å². The topological polar surface area (TPSA) is 108 Å². The lowest BCUT2D eigenvalue weighted by molar-refractivity contribution is -0.147. The minimum absolute atomic E-state index is 0.0221. The van der Waals surface area contributed by atoms with Crippen LogP contribution in [0.1, 0.15) is 55.2 Å². The summed E-state index contributed by atoms with van der Waals surface area (Å²) in [5.41, 5.74) is 4.30. The summed E-state index contributed by atoms with van der Waals surface area (Å²) in [5, 5.41) is 15.7. The predicted molar refractivity (Wildman–Crippen MR) is 156 cm³/mol. The van der Waals surface area contributed by atoms with Gasteiger partial charge >= 0.3 is 12.1 Å². The third kappa shape index (κ3) is 6.43. The Hall–Kier alpha value is -4.17. The number of carbonyl (C=O) groups excluding carboxylic acids is 2. The number of hydrogen-bond donors (Lipinski definition) is 3. The van der Waals surface area contributed by atoms with Gasteiger partial charge in [0.25, 0.3) is 0 Å². The molecule has 2 atom stereocenters. The largest absolute Gasteiger partial charge is 0.479 e. The van der Waals surface area contributed by atoms with Gasteiger partial charge in [-0.2, -0.15) is 0 Å². The van der Waals surface area contributed by atoms with Gasteiger partial charge in [0.2, 0.25) is 5.91 Å². The predicted octanol–water partition coefficient (Wildman–Crippen LogP) is 4.93. The van der Waals surface area contributed by atoms with E-state index < -0.39 is 29.6 Å². The number of amides is 2. The third-order valence-electron chi connectivity index (χ3n) is 8.12. The number of hydrogen-bond acceptors (Lipinski definition) is 5.